The maximum Gasteiger partial charge on any atom is 0.322 e. The van der Waals surface area contributed by atoms with Crippen LogP contribution in [0, 0.1) is 11.8 Å². The Morgan fingerprint density at radius 1 is 1.10 bits per heavy atom. The first-order valence-electron chi connectivity index (χ1n) is 7.65. The van der Waals surface area contributed by atoms with Gasteiger partial charge >= 0.3 is 6.01 Å². The van der Waals surface area contributed by atoms with E-state index in [1.54, 1.807) is 0 Å². The summed E-state index contributed by atoms with van der Waals surface area (Å²) in [5, 5.41) is 15.8. The van der Waals surface area contributed by atoms with Crippen molar-refractivity contribution in [3.05, 3.63) is 0 Å². The summed E-state index contributed by atoms with van der Waals surface area (Å²) in [6.07, 6.45) is 4.68. The highest BCUT2D eigenvalue weighted by molar-refractivity contribution is 5.35. The van der Waals surface area contributed by atoms with E-state index in [1.807, 2.05) is 6.92 Å². The van der Waals surface area contributed by atoms with E-state index in [9.17, 15) is 5.11 Å². The second-order valence-electron chi connectivity index (χ2n) is 5.37. The highest BCUT2D eigenvalue weighted by Crippen LogP contribution is 2.29. The zero-order chi connectivity index (χ0) is 15.1. The Bertz CT molecular complexity index is 443. The molecule has 21 heavy (non-hydrogen) atoms. The second kappa shape index (κ2) is 7.97. The van der Waals surface area contributed by atoms with Crippen LogP contribution in [0.15, 0.2) is 0 Å². The highest BCUT2D eigenvalue weighted by atomic mass is 16.5. The lowest BCUT2D eigenvalue weighted by Gasteiger charge is -2.30. The standard InChI is InChI=1S/C14H25N5O2/c1-3-15-12-17-13(19-14(18-12)21-2)16-8-10-6-4-5-7-11(10)9-20/h10-11,20H,3-9H2,1-2H3,(H2,15,16,17,18,19). The molecule has 0 amide bonds. The first-order valence-corrected chi connectivity index (χ1v) is 7.65. The van der Waals surface area contributed by atoms with Crippen molar-refractivity contribution in [2.45, 2.75) is 32.6 Å². The van der Waals surface area contributed by atoms with Crippen molar-refractivity contribution in [3.8, 4) is 6.01 Å². The number of rotatable bonds is 7. The summed E-state index contributed by atoms with van der Waals surface area (Å²) in [6, 6.07) is 0.297. The average Bonchev–Trinajstić information content (AvgIpc) is 2.53. The molecule has 0 saturated heterocycles. The van der Waals surface area contributed by atoms with E-state index in [-0.39, 0.29) is 6.61 Å². The van der Waals surface area contributed by atoms with E-state index in [4.69, 9.17) is 4.74 Å². The minimum absolute atomic E-state index is 0.259. The van der Waals surface area contributed by atoms with Gasteiger partial charge in [-0.15, -0.1) is 0 Å². The molecule has 1 aliphatic carbocycles. The van der Waals surface area contributed by atoms with Crippen molar-refractivity contribution < 1.29 is 9.84 Å². The first-order chi connectivity index (χ1) is 10.3. The van der Waals surface area contributed by atoms with E-state index in [1.165, 1.54) is 20.0 Å². The zero-order valence-corrected chi connectivity index (χ0v) is 12.8. The highest BCUT2D eigenvalue weighted by Gasteiger charge is 2.24. The van der Waals surface area contributed by atoms with Crippen LogP contribution in [-0.2, 0) is 0 Å². The van der Waals surface area contributed by atoms with Gasteiger partial charge in [0.05, 0.1) is 7.11 Å². The number of aliphatic hydroxyl groups excluding tert-OH is 1. The number of hydrogen-bond donors (Lipinski definition) is 3. The summed E-state index contributed by atoms with van der Waals surface area (Å²) in [7, 11) is 1.54. The number of aliphatic hydroxyl groups is 1. The molecule has 1 saturated carbocycles. The Morgan fingerprint density at radius 3 is 2.38 bits per heavy atom. The van der Waals surface area contributed by atoms with Crippen LogP contribution in [0.2, 0.25) is 0 Å². The van der Waals surface area contributed by atoms with Gasteiger partial charge in [-0.3, -0.25) is 0 Å². The monoisotopic (exact) mass is 295 g/mol. The topological polar surface area (TPSA) is 92.2 Å². The third-order valence-electron chi connectivity index (χ3n) is 3.96. The van der Waals surface area contributed by atoms with E-state index in [2.05, 4.69) is 25.6 Å². The zero-order valence-electron chi connectivity index (χ0n) is 12.8. The molecule has 0 aromatic carbocycles. The summed E-state index contributed by atoms with van der Waals surface area (Å²) in [6.45, 7) is 3.75. The van der Waals surface area contributed by atoms with Crippen LogP contribution in [0.5, 0.6) is 6.01 Å². The maximum absolute atomic E-state index is 9.46. The van der Waals surface area contributed by atoms with E-state index >= 15 is 0 Å². The molecular weight excluding hydrogens is 270 g/mol. The molecule has 2 rings (SSSR count). The molecule has 0 radical (unpaired) electrons. The molecule has 2 atom stereocenters. The van der Waals surface area contributed by atoms with Crippen LogP contribution in [0.3, 0.4) is 0 Å². The Labute approximate surface area is 125 Å². The molecule has 1 aromatic heterocycles. The van der Waals surface area contributed by atoms with E-state index in [0.29, 0.717) is 29.7 Å². The lowest BCUT2D eigenvalue weighted by molar-refractivity contribution is 0.141. The molecule has 7 heteroatoms. The normalized spacial score (nSPS) is 21.9. The van der Waals surface area contributed by atoms with Crippen LogP contribution in [0.1, 0.15) is 32.6 Å². The third-order valence-corrected chi connectivity index (χ3v) is 3.96. The molecular formula is C14H25N5O2. The van der Waals surface area contributed by atoms with Crippen LogP contribution < -0.4 is 15.4 Å². The van der Waals surface area contributed by atoms with Gasteiger partial charge < -0.3 is 20.5 Å². The number of methoxy groups -OCH3 is 1. The molecule has 7 nitrogen and oxygen atoms in total. The Morgan fingerprint density at radius 2 is 1.76 bits per heavy atom. The van der Waals surface area contributed by atoms with Gasteiger partial charge in [-0.25, -0.2) is 0 Å². The van der Waals surface area contributed by atoms with Gasteiger partial charge in [-0.1, -0.05) is 12.8 Å². The summed E-state index contributed by atoms with van der Waals surface area (Å²) >= 11 is 0. The average molecular weight is 295 g/mol. The fourth-order valence-electron chi connectivity index (χ4n) is 2.78. The van der Waals surface area contributed by atoms with Crippen molar-refractivity contribution in [2.75, 3.05) is 37.4 Å². The summed E-state index contributed by atoms with van der Waals surface area (Å²) in [5.41, 5.74) is 0. The molecule has 1 aromatic rings. The van der Waals surface area contributed by atoms with Crippen LogP contribution >= 0.6 is 0 Å². The molecule has 0 bridgehead atoms. The van der Waals surface area contributed by atoms with Crippen LogP contribution in [0.4, 0.5) is 11.9 Å². The van der Waals surface area contributed by atoms with Crippen molar-refractivity contribution in [1.82, 2.24) is 15.0 Å². The Balaban J connectivity index is 1.99. The van der Waals surface area contributed by atoms with E-state index < -0.39 is 0 Å². The summed E-state index contributed by atoms with van der Waals surface area (Å²) < 4.78 is 5.09. The largest absolute Gasteiger partial charge is 0.467 e. The van der Waals surface area contributed by atoms with Crippen LogP contribution in [-0.4, -0.2) is 46.9 Å². The number of nitrogens with zero attached hydrogens (tertiary/aromatic N) is 3. The number of ether oxygens (including phenoxy) is 1. The van der Waals surface area contributed by atoms with E-state index in [0.717, 1.165) is 25.9 Å². The molecule has 0 spiro atoms. The van der Waals surface area contributed by atoms with Crippen molar-refractivity contribution in [3.63, 3.8) is 0 Å². The minimum Gasteiger partial charge on any atom is -0.467 e. The third kappa shape index (κ3) is 4.42. The fourth-order valence-corrected chi connectivity index (χ4v) is 2.78. The predicted octanol–water partition coefficient (Wildman–Crippen LogP) is 1.52. The molecule has 0 aliphatic heterocycles. The van der Waals surface area contributed by atoms with Gasteiger partial charge in [0.15, 0.2) is 0 Å². The Hall–Kier alpha value is -1.63. The summed E-state index contributed by atoms with van der Waals surface area (Å²) in [5.74, 6) is 1.87. The van der Waals surface area contributed by atoms with Crippen molar-refractivity contribution in [1.29, 1.82) is 0 Å². The predicted molar refractivity (Wildman–Crippen MR) is 81.6 cm³/mol. The lowest BCUT2D eigenvalue weighted by atomic mass is 9.80. The van der Waals surface area contributed by atoms with Gasteiger partial charge in [-0.2, -0.15) is 15.0 Å². The summed E-state index contributed by atoms with van der Waals surface area (Å²) in [4.78, 5) is 12.7. The van der Waals surface area contributed by atoms with Gasteiger partial charge in [0.25, 0.3) is 0 Å². The number of aromatic nitrogens is 3. The molecule has 118 valence electrons. The van der Waals surface area contributed by atoms with Crippen LogP contribution in [0.25, 0.3) is 0 Å². The first kappa shape index (κ1) is 15.8. The number of hydrogen-bond acceptors (Lipinski definition) is 7. The molecule has 1 aliphatic rings. The lowest BCUT2D eigenvalue weighted by Crippen LogP contribution is -2.29. The maximum atomic E-state index is 9.46. The molecule has 1 fully saturated rings. The van der Waals surface area contributed by atoms with Crippen molar-refractivity contribution >= 4 is 11.9 Å². The molecule has 3 N–H and O–H groups in total. The van der Waals surface area contributed by atoms with Gasteiger partial charge in [0, 0.05) is 19.7 Å². The molecule has 1 heterocycles. The number of nitrogens with one attached hydrogen (secondary N) is 2. The number of anilines is 2. The fraction of sp³-hybridized carbons (Fsp3) is 0.786. The smallest absolute Gasteiger partial charge is 0.322 e. The Kier molecular flexibility index (Phi) is 5.98. The second-order valence-corrected chi connectivity index (χ2v) is 5.37. The van der Waals surface area contributed by atoms with Gasteiger partial charge in [0.1, 0.15) is 0 Å². The minimum atomic E-state index is 0.259. The quantitative estimate of drug-likeness (QED) is 0.702. The molecule has 2 unspecified atom stereocenters. The van der Waals surface area contributed by atoms with Gasteiger partial charge in [0.2, 0.25) is 11.9 Å². The van der Waals surface area contributed by atoms with Crippen molar-refractivity contribution in [2.24, 2.45) is 11.8 Å². The van der Waals surface area contributed by atoms with Gasteiger partial charge in [-0.05, 0) is 31.6 Å². The SMILES string of the molecule is CCNc1nc(NCC2CCCCC2CO)nc(OC)n1.